The molecular formula is C31H32N4O6. The monoisotopic (exact) mass is 556 g/mol. The lowest BCUT2D eigenvalue weighted by molar-refractivity contribution is -0.117. The lowest BCUT2D eigenvalue weighted by atomic mass is 9.90. The highest BCUT2D eigenvalue weighted by Crippen LogP contribution is 2.39. The predicted molar refractivity (Wildman–Crippen MR) is 156 cm³/mol. The van der Waals surface area contributed by atoms with Gasteiger partial charge in [0.1, 0.15) is 19.1 Å². The first-order valence-electron chi connectivity index (χ1n) is 13.3. The molecule has 2 aliphatic heterocycles. The third kappa shape index (κ3) is 5.92. The summed E-state index contributed by atoms with van der Waals surface area (Å²) in [5.74, 6) is -0.340. The van der Waals surface area contributed by atoms with Crippen molar-refractivity contribution in [1.82, 2.24) is 4.90 Å². The summed E-state index contributed by atoms with van der Waals surface area (Å²) in [6, 6.07) is 17.8. The smallest absolute Gasteiger partial charge is 0.337 e. The number of benzene rings is 3. The van der Waals surface area contributed by atoms with Crippen LogP contribution in [-0.2, 0) is 14.3 Å². The maximum absolute atomic E-state index is 13.4. The first-order chi connectivity index (χ1) is 19.7. The van der Waals surface area contributed by atoms with E-state index in [9.17, 15) is 14.4 Å². The summed E-state index contributed by atoms with van der Waals surface area (Å²) in [4.78, 5) is 46.5. The molecule has 1 N–H and O–H groups in total. The summed E-state index contributed by atoms with van der Waals surface area (Å²) in [7, 11) is 5.24. The molecule has 0 fully saturated rings. The van der Waals surface area contributed by atoms with E-state index in [0.29, 0.717) is 65.0 Å². The van der Waals surface area contributed by atoms with Crippen molar-refractivity contribution in [1.29, 1.82) is 0 Å². The number of anilines is 2. The second kappa shape index (κ2) is 11.8. The molecule has 0 saturated carbocycles. The van der Waals surface area contributed by atoms with Gasteiger partial charge in [0, 0.05) is 37.0 Å². The molecule has 41 heavy (non-hydrogen) atoms. The van der Waals surface area contributed by atoms with Crippen molar-refractivity contribution in [2.45, 2.75) is 12.8 Å². The van der Waals surface area contributed by atoms with Crippen molar-refractivity contribution < 1.29 is 28.6 Å². The molecule has 0 saturated heterocycles. The van der Waals surface area contributed by atoms with E-state index in [4.69, 9.17) is 19.2 Å². The van der Waals surface area contributed by atoms with Crippen LogP contribution in [0, 0.1) is 0 Å². The number of rotatable bonds is 8. The van der Waals surface area contributed by atoms with Crippen molar-refractivity contribution in [2.24, 2.45) is 4.99 Å². The van der Waals surface area contributed by atoms with Crippen LogP contribution in [0.25, 0.3) is 0 Å². The number of carbonyl (C=O) groups is 3. The predicted octanol–water partition coefficient (Wildman–Crippen LogP) is 4.02. The standard InChI is InChI=1S/C31H32N4O6/c1-19(36)35(14-13-34(2)3)23-9-7-22(8-10-23)32-29(20-6-12-26-27(18-20)41-16-15-40-26)28-24-11-5-21(31(38)39-4)17-25(24)33-30(28)37/h5-12,17-18,28H,13-16H2,1-4H3,(H,33,37). The Kier molecular flexibility index (Phi) is 8.02. The van der Waals surface area contributed by atoms with Gasteiger partial charge in [0.05, 0.1) is 24.1 Å². The molecular weight excluding hydrogens is 524 g/mol. The summed E-state index contributed by atoms with van der Waals surface area (Å²) in [6.45, 7) is 3.71. The van der Waals surface area contributed by atoms with Crippen molar-refractivity contribution in [3.8, 4) is 11.5 Å². The number of fused-ring (bicyclic) bond motifs is 2. The van der Waals surface area contributed by atoms with E-state index in [-0.39, 0.29) is 11.8 Å². The Morgan fingerprint density at radius 1 is 0.951 bits per heavy atom. The number of esters is 1. The van der Waals surface area contributed by atoms with Crippen LogP contribution in [0.15, 0.2) is 65.7 Å². The molecule has 1 atom stereocenters. The van der Waals surface area contributed by atoms with Crippen LogP contribution in [-0.4, -0.2) is 75.9 Å². The molecule has 0 bridgehead atoms. The number of ether oxygens (including phenoxy) is 3. The first-order valence-corrected chi connectivity index (χ1v) is 13.3. The molecule has 5 rings (SSSR count). The Morgan fingerprint density at radius 2 is 1.66 bits per heavy atom. The normalized spacial score (nSPS) is 15.8. The largest absolute Gasteiger partial charge is 0.486 e. The lowest BCUT2D eigenvalue weighted by Crippen LogP contribution is -2.35. The van der Waals surface area contributed by atoms with Crippen LogP contribution in [0.2, 0.25) is 0 Å². The van der Waals surface area contributed by atoms with E-state index in [1.807, 2.05) is 61.5 Å². The van der Waals surface area contributed by atoms with Crippen molar-refractivity contribution in [3.05, 3.63) is 77.4 Å². The summed E-state index contributed by atoms with van der Waals surface area (Å²) in [6.07, 6.45) is 0. The molecule has 3 aromatic rings. The number of likely N-dealkylation sites (N-methyl/N-ethyl adjacent to an activating group) is 1. The molecule has 2 aliphatic rings. The molecule has 0 aliphatic carbocycles. The van der Waals surface area contributed by atoms with Gasteiger partial charge in [-0.15, -0.1) is 0 Å². The molecule has 10 nitrogen and oxygen atoms in total. The molecule has 0 aromatic heterocycles. The minimum atomic E-state index is -0.743. The highest BCUT2D eigenvalue weighted by atomic mass is 16.6. The fourth-order valence-corrected chi connectivity index (χ4v) is 4.89. The number of hydrogen-bond donors (Lipinski definition) is 1. The first kappa shape index (κ1) is 27.9. The Hall–Kier alpha value is -4.70. The number of hydrogen-bond acceptors (Lipinski definition) is 8. The number of methoxy groups -OCH3 is 1. The zero-order chi connectivity index (χ0) is 29.1. The van der Waals surface area contributed by atoms with Crippen LogP contribution in [0.3, 0.4) is 0 Å². The summed E-state index contributed by atoms with van der Waals surface area (Å²) < 4.78 is 16.3. The van der Waals surface area contributed by atoms with Gasteiger partial charge in [-0.05, 0) is 74.3 Å². The summed E-state index contributed by atoms with van der Waals surface area (Å²) >= 11 is 0. The number of carbonyl (C=O) groups excluding carboxylic acids is 3. The summed E-state index contributed by atoms with van der Waals surface area (Å²) in [5.41, 5.74) is 4.14. The van der Waals surface area contributed by atoms with Gasteiger partial charge in [-0.3, -0.25) is 14.6 Å². The van der Waals surface area contributed by atoms with E-state index in [1.54, 1.807) is 30.0 Å². The van der Waals surface area contributed by atoms with Gasteiger partial charge >= 0.3 is 5.97 Å². The van der Waals surface area contributed by atoms with Crippen molar-refractivity contribution in [3.63, 3.8) is 0 Å². The molecule has 2 amide bonds. The summed E-state index contributed by atoms with van der Waals surface area (Å²) in [5, 5.41) is 2.89. The zero-order valence-corrected chi connectivity index (χ0v) is 23.5. The third-order valence-corrected chi connectivity index (χ3v) is 6.98. The quantitative estimate of drug-likeness (QED) is 0.330. The Morgan fingerprint density at radius 3 is 2.34 bits per heavy atom. The highest BCUT2D eigenvalue weighted by Gasteiger charge is 2.36. The lowest BCUT2D eigenvalue weighted by Gasteiger charge is -2.23. The molecule has 10 heteroatoms. The molecule has 2 heterocycles. The minimum Gasteiger partial charge on any atom is -0.486 e. The van der Waals surface area contributed by atoms with E-state index in [2.05, 4.69) is 5.32 Å². The number of nitrogens with zero attached hydrogens (tertiary/aromatic N) is 3. The van der Waals surface area contributed by atoms with E-state index in [0.717, 1.165) is 12.2 Å². The number of nitrogens with one attached hydrogen (secondary N) is 1. The van der Waals surface area contributed by atoms with Crippen molar-refractivity contribution in [2.75, 3.05) is 57.7 Å². The fourth-order valence-electron chi connectivity index (χ4n) is 4.89. The van der Waals surface area contributed by atoms with E-state index >= 15 is 0 Å². The molecule has 212 valence electrons. The van der Waals surface area contributed by atoms with Crippen LogP contribution in [0.1, 0.15) is 34.3 Å². The fraction of sp³-hybridized carbons (Fsp3) is 0.290. The topological polar surface area (TPSA) is 110 Å². The number of aliphatic imine (C=N–C) groups is 1. The second-order valence-electron chi connectivity index (χ2n) is 10.1. The third-order valence-electron chi connectivity index (χ3n) is 6.98. The molecule has 3 aromatic carbocycles. The Labute approximate surface area is 238 Å². The van der Waals surface area contributed by atoms with Gasteiger partial charge in [-0.1, -0.05) is 6.07 Å². The van der Waals surface area contributed by atoms with Gasteiger partial charge in [0.25, 0.3) is 0 Å². The zero-order valence-electron chi connectivity index (χ0n) is 23.5. The maximum atomic E-state index is 13.4. The second-order valence-corrected chi connectivity index (χ2v) is 10.1. The van der Waals surface area contributed by atoms with Gasteiger partial charge in [0.15, 0.2) is 11.5 Å². The molecule has 1 unspecified atom stereocenters. The van der Waals surface area contributed by atoms with Gasteiger partial charge in [-0.2, -0.15) is 0 Å². The SMILES string of the molecule is COC(=O)c1ccc2c(c1)NC(=O)C2C(=Nc1ccc(N(CCN(C)C)C(C)=O)cc1)c1ccc2c(c1)OCCO2. The Balaban J connectivity index is 1.56. The van der Waals surface area contributed by atoms with Gasteiger partial charge in [-0.25, -0.2) is 4.79 Å². The highest BCUT2D eigenvalue weighted by molar-refractivity contribution is 6.24. The van der Waals surface area contributed by atoms with Crippen LogP contribution < -0.4 is 19.7 Å². The van der Waals surface area contributed by atoms with Crippen LogP contribution in [0.5, 0.6) is 11.5 Å². The molecule has 0 radical (unpaired) electrons. The van der Waals surface area contributed by atoms with Gasteiger partial charge in [0.2, 0.25) is 11.8 Å². The minimum absolute atomic E-state index is 0.0503. The van der Waals surface area contributed by atoms with E-state index < -0.39 is 11.9 Å². The average molecular weight is 557 g/mol. The average Bonchev–Trinajstić information content (AvgIpc) is 3.30. The van der Waals surface area contributed by atoms with Crippen LogP contribution >= 0.6 is 0 Å². The number of amides is 2. The van der Waals surface area contributed by atoms with E-state index in [1.165, 1.54) is 7.11 Å². The van der Waals surface area contributed by atoms with Crippen molar-refractivity contribution >= 4 is 40.6 Å². The molecule has 0 spiro atoms. The van der Waals surface area contributed by atoms with Crippen LogP contribution in [0.4, 0.5) is 17.1 Å². The Bertz CT molecular complexity index is 1520. The maximum Gasteiger partial charge on any atom is 0.337 e. The van der Waals surface area contributed by atoms with Gasteiger partial charge < -0.3 is 29.3 Å².